The third-order valence-electron chi connectivity index (χ3n) is 3.75. The van der Waals surface area contributed by atoms with E-state index in [0.29, 0.717) is 11.7 Å². The van der Waals surface area contributed by atoms with Gasteiger partial charge in [-0.1, -0.05) is 15.9 Å². The average Bonchev–Trinajstić information content (AvgIpc) is 2.71. The number of amides is 1. The van der Waals surface area contributed by atoms with Crippen molar-refractivity contribution >= 4 is 21.8 Å². The van der Waals surface area contributed by atoms with E-state index in [4.69, 9.17) is 0 Å². The number of nitrogens with zero attached hydrogens (tertiary/aromatic N) is 2. The van der Waals surface area contributed by atoms with Crippen molar-refractivity contribution in [2.24, 2.45) is 13.0 Å². The second-order valence-corrected chi connectivity index (χ2v) is 5.79. The Morgan fingerprint density at radius 1 is 1.50 bits per heavy atom. The SMILES string of the molecule is Cc1cc(C(=O)NC2CCC(CBr)CC2)nn1C. The molecule has 0 spiro atoms. The summed E-state index contributed by atoms with van der Waals surface area (Å²) < 4.78 is 1.73. The van der Waals surface area contributed by atoms with Crippen LogP contribution in [-0.2, 0) is 7.05 Å². The number of carbonyl (C=O) groups excluding carboxylic acids is 1. The summed E-state index contributed by atoms with van der Waals surface area (Å²) in [6.45, 7) is 1.95. The number of rotatable bonds is 3. The van der Waals surface area contributed by atoms with Gasteiger partial charge in [0.15, 0.2) is 0 Å². The maximum absolute atomic E-state index is 12.0. The summed E-state index contributed by atoms with van der Waals surface area (Å²) in [5.74, 6) is 0.733. The number of aryl methyl sites for hydroxylation is 2. The molecule has 1 fully saturated rings. The first-order valence-electron chi connectivity index (χ1n) is 6.47. The molecule has 1 aromatic rings. The molecule has 0 aromatic carbocycles. The molecule has 0 aliphatic heterocycles. The van der Waals surface area contributed by atoms with Gasteiger partial charge in [-0.05, 0) is 44.6 Å². The van der Waals surface area contributed by atoms with Crippen molar-refractivity contribution in [2.75, 3.05) is 5.33 Å². The molecule has 0 unspecified atom stereocenters. The van der Waals surface area contributed by atoms with Crippen molar-refractivity contribution in [3.8, 4) is 0 Å². The monoisotopic (exact) mass is 313 g/mol. The first-order chi connectivity index (χ1) is 8.60. The highest BCUT2D eigenvalue weighted by molar-refractivity contribution is 9.09. The molecule has 0 atom stereocenters. The number of halogens is 1. The minimum Gasteiger partial charge on any atom is -0.348 e. The molecule has 1 aromatic heterocycles. The molecule has 0 saturated heterocycles. The van der Waals surface area contributed by atoms with E-state index in [1.165, 1.54) is 12.8 Å². The Morgan fingerprint density at radius 3 is 2.67 bits per heavy atom. The largest absolute Gasteiger partial charge is 0.348 e. The molecule has 1 aliphatic carbocycles. The molecular weight excluding hydrogens is 294 g/mol. The van der Waals surface area contributed by atoms with E-state index in [2.05, 4.69) is 26.3 Å². The summed E-state index contributed by atoms with van der Waals surface area (Å²) in [5, 5.41) is 8.37. The standard InChI is InChI=1S/C13H20BrN3O/c1-9-7-12(16-17(9)2)13(18)15-11-5-3-10(8-14)4-6-11/h7,10-11H,3-6,8H2,1-2H3,(H,15,18). The van der Waals surface area contributed by atoms with Crippen molar-refractivity contribution in [1.82, 2.24) is 15.1 Å². The lowest BCUT2D eigenvalue weighted by Gasteiger charge is -2.27. The number of hydrogen-bond donors (Lipinski definition) is 1. The van der Waals surface area contributed by atoms with Gasteiger partial charge in [0.2, 0.25) is 0 Å². The van der Waals surface area contributed by atoms with Crippen LogP contribution in [0, 0.1) is 12.8 Å². The molecule has 0 radical (unpaired) electrons. The third-order valence-corrected chi connectivity index (χ3v) is 4.66. The predicted molar refractivity (Wildman–Crippen MR) is 75.0 cm³/mol. The maximum atomic E-state index is 12.0. The lowest BCUT2D eigenvalue weighted by molar-refractivity contribution is 0.0917. The molecule has 4 nitrogen and oxygen atoms in total. The Bertz CT molecular complexity index is 402. The smallest absolute Gasteiger partial charge is 0.272 e. The van der Waals surface area contributed by atoms with E-state index < -0.39 is 0 Å². The van der Waals surface area contributed by atoms with Crippen LogP contribution in [0.1, 0.15) is 41.9 Å². The van der Waals surface area contributed by atoms with Gasteiger partial charge >= 0.3 is 0 Å². The molecule has 1 amide bonds. The van der Waals surface area contributed by atoms with Crippen LogP contribution in [0.25, 0.3) is 0 Å². The van der Waals surface area contributed by atoms with Gasteiger partial charge in [0.25, 0.3) is 5.91 Å². The molecule has 5 heteroatoms. The van der Waals surface area contributed by atoms with E-state index >= 15 is 0 Å². The quantitative estimate of drug-likeness (QED) is 0.871. The number of alkyl halides is 1. The van der Waals surface area contributed by atoms with Crippen molar-refractivity contribution in [1.29, 1.82) is 0 Å². The van der Waals surface area contributed by atoms with Crippen LogP contribution in [0.15, 0.2) is 6.07 Å². The Hall–Kier alpha value is -0.840. The number of hydrogen-bond acceptors (Lipinski definition) is 2. The van der Waals surface area contributed by atoms with Crippen molar-refractivity contribution in [2.45, 2.75) is 38.6 Å². The van der Waals surface area contributed by atoms with Gasteiger partial charge in [-0.15, -0.1) is 0 Å². The fourth-order valence-corrected chi connectivity index (χ4v) is 3.04. The number of nitrogens with one attached hydrogen (secondary N) is 1. The zero-order valence-corrected chi connectivity index (χ0v) is 12.5. The van der Waals surface area contributed by atoms with E-state index in [1.54, 1.807) is 4.68 Å². The van der Waals surface area contributed by atoms with Gasteiger partial charge in [0, 0.05) is 24.1 Å². The fraction of sp³-hybridized carbons (Fsp3) is 0.692. The molecule has 0 bridgehead atoms. The van der Waals surface area contributed by atoms with Gasteiger partial charge < -0.3 is 5.32 Å². The van der Waals surface area contributed by atoms with Crippen molar-refractivity contribution < 1.29 is 4.79 Å². The molecular formula is C13H20BrN3O. The maximum Gasteiger partial charge on any atom is 0.272 e. The van der Waals surface area contributed by atoms with Gasteiger partial charge in [0.05, 0.1) is 0 Å². The van der Waals surface area contributed by atoms with Gasteiger partial charge in [0.1, 0.15) is 5.69 Å². The van der Waals surface area contributed by atoms with E-state index in [9.17, 15) is 4.79 Å². The number of carbonyl (C=O) groups is 1. The highest BCUT2D eigenvalue weighted by Gasteiger charge is 2.22. The van der Waals surface area contributed by atoms with E-state index in [1.807, 2.05) is 20.0 Å². The zero-order chi connectivity index (χ0) is 13.1. The molecule has 18 heavy (non-hydrogen) atoms. The van der Waals surface area contributed by atoms with Crippen LogP contribution in [-0.4, -0.2) is 27.1 Å². The fourth-order valence-electron chi connectivity index (χ4n) is 2.39. The van der Waals surface area contributed by atoms with Gasteiger partial charge in [-0.3, -0.25) is 9.48 Å². The van der Waals surface area contributed by atoms with Crippen LogP contribution >= 0.6 is 15.9 Å². The molecule has 1 N–H and O–H groups in total. The second kappa shape index (κ2) is 5.87. The summed E-state index contributed by atoms with van der Waals surface area (Å²) in [4.78, 5) is 12.0. The summed E-state index contributed by atoms with van der Waals surface area (Å²) in [5.41, 5.74) is 1.53. The van der Waals surface area contributed by atoms with E-state index in [0.717, 1.165) is 29.8 Å². The molecule has 1 heterocycles. The summed E-state index contributed by atoms with van der Waals surface area (Å²) in [6, 6.07) is 2.15. The molecule has 1 aliphatic rings. The van der Waals surface area contributed by atoms with Crippen molar-refractivity contribution in [3.63, 3.8) is 0 Å². The van der Waals surface area contributed by atoms with Crippen LogP contribution in [0.3, 0.4) is 0 Å². The Kier molecular flexibility index (Phi) is 4.43. The van der Waals surface area contributed by atoms with Crippen molar-refractivity contribution in [3.05, 3.63) is 17.5 Å². The van der Waals surface area contributed by atoms with Crippen LogP contribution in [0.4, 0.5) is 0 Å². The summed E-state index contributed by atoms with van der Waals surface area (Å²) in [6.07, 6.45) is 4.54. The summed E-state index contributed by atoms with van der Waals surface area (Å²) >= 11 is 3.53. The van der Waals surface area contributed by atoms with Gasteiger partial charge in [-0.25, -0.2) is 0 Å². The first-order valence-corrected chi connectivity index (χ1v) is 7.59. The molecule has 100 valence electrons. The number of aromatic nitrogens is 2. The highest BCUT2D eigenvalue weighted by atomic mass is 79.9. The van der Waals surface area contributed by atoms with Crippen LogP contribution < -0.4 is 5.32 Å². The van der Waals surface area contributed by atoms with Gasteiger partial charge in [-0.2, -0.15) is 5.10 Å². The Labute approximate surface area is 116 Å². The highest BCUT2D eigenvalue weighted by Crippen LogP contribution is 2.25. The first kappa shape index (κ1) is 13.6. The zero-order valence-electron chi connectivity index (χ0n) is 10.9. The van der Waals surface area contributed by atoms with Crippen LogP contribution in [0.5, 0.6) is 0 Å². The molecule has 2 rings (SSSR count). The third kappa shape index (κ3) is 3.13. The normalized spacial score (nSPS) is 23.9. The Balaban J connectivity index is 1.88. The lowest BCUT2D eigenvalue weighted by atomic mass is 9.87. The molecule has 1 saturated carbocycles. The average molecular weight is 314 g/mol. The van der Waals surface area contributed by atoms with E-state index in [-0.39, 0.29) is 5.91 Å². The van der Waals surface area contributed by atoms with Crippen LogP contribution in [0.2, 0.25) is 0 Å². The second-order valence-electron chi connectivity index (χ2n) is 5.14. The minimum atomic E-state index is -0.0407. The summed E-state index contributed by atoms with van der Waals surface area (Å²) in [7, 11) is 1.85. The topological polar surface area (TPSA) is 46.9 Å². The predicted octanol–water partition coefficient (Wildman–Crippen LogP) is 2.41. The minimum absolute atomic E-state index is 0.0407. The lowest BCUT2D eigenvalue weighted by Crippen LogP contribution is -2.38. The Morgan fingerprint density at radius 2 is 2.17 bits per heavy atom.